The van der Waals surface area contributed by atoms with E-state index in [-0.39, 0.29) is 0 Å². The van der Waals surface area contributed by atoms with Crippen LogP contribution in [-0.4, -0.2) is 18.0 Å². The molecule has 0 aliphatic carbocycles. The van der Waals surface area contributed by atoms with E-state index in [4.69, 9.17) is 0 Å². The predicted molar refractivity (Wildman–Crippen MR) is 30.8 cm³/mol. The van der Waals surface area contributed by atoms with Crippen LogP contribution in [0.25, 0.3) is 0 Å². The van der Waals surface area contributed by atoms with E-state index in [1.807, 2.05) is 0 Å². The zero-order valence-corrected chi connectivity index (χ0v) is 6.14. The van der Waals surface area contributed by atoms with Crippen molar-refractivity contribution >= 4 is 0 Å². The summed E-state index contributed by atoms with van der Waals surface area (Å²) in [5.74, 6) is -11.2. The molecule has 0 aromatic rings. The van der Waals surface area contributed by atoms with Gasteiger partial charge in [-0.3, -0.25) is 0 Å². The third-order valence-corrected chi connectivity index (χ3v) is 1.22. The molecule has 0 saturated carbocycles. The van der Waals surface area contributed by atoms with E-state index in [0.29, 0.717) is 6.08 Å². The van der Waals surface area contributed by atoms with Crippen molar-refractivity contribution in [2.75, 3.05) is 0 Å². The van der Waals surface area contributed by atoms with Gasteiger partial charge in [-0.05, 0) is 0 Å². The maximum Gasteiger partial charge on any atom is 0.459 e. The van der Waals surface area contributed by atoms with Crippen LogP contribution < -0.4 is 0 Å². The Morgan fingerprint density at radius 3 is 1.54 bits per heavy atom. The van der Waals surface area contributed by atoms with Crippen molar-refractivity contribution in [3.05, 3.63) is 12.7 Å². The van der Waals surface area contributed by atoms with Crippen LogP contribution in [0, 0.1) is 0 Å². The molecule has 0 bridgehead atoms. The summed E-state index contributed by atoms with van der Waals surface area (Å²) >= 11 is 0. The third kappa shape index (κ3) is 2.13. The first-order valence-corrected chi connectivity index (χ1v) is 2.99. The first-order chi connectivity index (χ1) is 5.56. The van der Waals surface area contributed by atoms with Crippen molar-refractivity contribution in [3.63, 3.8) is 0 Å². The van der Waals surface area contributed by atoms with Gasteiger partial charge in [0.15, 0.2) is 0 Å². The van der Waals surface area contributed by atoms with Crippen LogP contribution in [0.15, 0.2) is 12.7 Å². The van der Waals surface area contributed by atoms with Crippen molar-refractivity contribution in [2.45, 2.75) is 24.4 Å². The Hall–Kier alpha value is -0.750. The fourth-order valence-electron chi connectivity index (χ4n) is 0.517. The average Bonchev–Trinajstić information content (AvgIpc) is 1.84. The van der Waals surface area contributed by atoms with Crippen molar-refractivity contribution in [2.24, 2.45) is 0 Å². The summed E-state index contributed by atoms with van der Waals surface area (Å²) in [4.78, 5) is 0. The Balaban J connectivity index is 4.91. The van der Waals surface area contributed by atoms with E-state index in [2.05, 4.69) is 6.58 Å². The van der Waals surface area contributed by atoms with E-state index < -0.39 is 24.4 Å². The predicted octanol–water partition coefficient (Wildman–Crippen LogP) is 3.40. The van der Waals surface area contributed by atoms with E-state index in [0.717, 1.165) is 0 Å². The number of halogens is 7. The summed E-state index contributed by atoms with van der Waals surface area (Å²) in [6.45, 7) is 2.66. The van der Waals surface area contributed by atoms with Gasteiger partial charge in [-0.2, -0.15) is 30.7 Å². The highest BCUT2D eigenvalue weighted by atomic mass is 19.4. The Kier molecular flexibility index (Phi) is 3.01. The molecule has 0 aliphatic heterocycles. The summed E-state index contributed by atoms with van der Waals surface area (Å²) in [6, 6.07) is 0. The highest BCUT2D eigenvalue weighted by Crippen LogP contribution is 2.47. The highest BCUT2D eigenvalue weighted by molar-refractivity contribution is 4.94. The molecule has 0 unspecified atom stereocenters. The Morgan fingerprint density at radius 2 is 1.31 bits per heavy atom. The molecule has 0 radical (unpaired) electrons. The van der Waals surface area contributed by atoms with Gasteiger partial charge in [-0.15, -0.1) is 6.58 Å². The molecule has 0 nitrogen and oxygen atoms in total. The molecule has 0 aliphatic rings. The fourth-order valence-corrected chi connectivity index (χ4v) is 0.517. The minimum Gasteiger partial charge on any atom is -0.199 e. The minimum absolute atomic E-state index is 0.305. The summed E-state index contributed by atoms with van der Waals surface area (Å²) in [6.07, 6.45) is -7.67. The number of hydrogen-bond donors (Lipinski definition) is 0. The molecule has 0 rings (SSSR count). The number of hydrogen-bond acceptors (Lipinski definition) is 0. The summed E-state index contributed by atoms with van der Waals surface area (Å²) in [7, 11) is 0. The van der Waals surface area contributed by atoms with E-state index in [1.54, 1.807) is 0 Å². The van der Waals surface area contributed by atoms with Gasteiger partial charge in [0.2, 0.25) is 0 Å². The molecule has 78 valence electrons. The first-order valence-electron chi connectivity index (χ1n) is 2.99. The normalized spacial score (nSPS) is 14.4. The second-order valence-electron chi connectivity index (χ2n) is 2.27. The van der Waals surface area contributed by atoms with Gasteiger partial charge in [0.05, 0.1) is 0 Å². The molecule has 0 spiro atoms. The van der Waals surface area contributed by atoms with Gasteiger partial charge < -0.3 is 0 Å². The fraction of sp³-hybridized carbons (Fsp3) is 0.667. The second kappa shape index (κ2) is 3.19. The molecule has 0 heterocycles. The smallest absolute Gasteiger partial charge is 0.199 e. The maximum atomic E-state index is 12.2. The van der Waals surface area contributed by atoms with Gasteiger partial charge in [0, 0.05) is 6.42 Å². The summed E-state index contributed by atoms with van der Waals surface area (Å²) < 4.78 is 82.4. The topological polar surface area (TPSA) is 0 Å². The van der Waals surface area contributed by atoms with Crippen molar-refractivity contribution in [1.29, 1.82) is 0 Å². The molecule has 0 aromatic heterocycles. The van der Waals surface area contributed by atoms with Crippen molar-refractivity contribution in [1.82, 2.24) is 0 Å². The monoisotopic (exact) mass is 210 g/mol. The molecule has 0 aromatic carbocycles. The van der Waals surface area contributed by atoms with Crippen LogP contribution >= 0.6 is 0 Å². The van der Waals surface area contributed by atoms with E-state index in [1.165, 1.54) is 0 Å². The third-order valence-electron chi connectivity index (χ3n) is 1.22. The highest BCUT2D eigenvalue weighted by Gasteiger charge is 2.72. The molecule has 0 saturated heterocycles. The molecular weight excluding hydrogens is 205 g/mol. The zero-order chi connectivity index (χ0) is 10.9. The average molecular weight is 210 g/mol. The quantitative estimate of drug-likeness (QED) is 0.494. The second-order valence-corrected chi connectivity index (χ2v) is 2.27. The number of allylic oxidation sites excluding steroid dienone is 1. The molecule has 0 N–H and O–H groups in total. The lowest BCUT2D eigenvalue weighted by Gasteiger charge is -2.27. The van der Waals surface area contributed by atoms with Crippen LogP contribution in [0.1, 0.15) is 6.42 Å². The van der Waals surface area contributed by atoms with Gasteiger partial charge in [0.1, 0.15) is 0 Å². The van der Waals surface area contributed by atoms with Crippen LogP contribution in [0.5, 0.6) is 0 Å². The summed E-state index contributed by atoms with van der Waals surface area (Å²) in [5, 5.41) is 0. The first kappa shape index (κ1) is 12.2. The lowest BCUT2D eigenvalue weighted by atomic mass is 10.1. The maximum absolute atomic E-state index is 12.2. The summed E-state index contributed by atoms with van der Waals surface area (Å²) in [5.41, 5.74) is 0. The SMILES string of the molecule is C=CCC(F)(F)C(F)(F)C(F)(F)F. The molecule has 0 atom stereocenters. The minimum atomic E-state index is -6.25. The number of alkyl halides is 7. The Labute approximate surface area is 69.0 Å². The van der Waals surface area contributed by atoms with Gasteiger partial charge in [-0.1, -0.05) is 6.08 Å². The molecule has 0 fully saturated rings. The molecule has 7 heteroatoms. The largest absolute Gasteiger partial charge is 0.459 e. The van der Waals surface area contributed by atoms with Crippen LogP contribution in [0.2, 0.25) is 0 Å². The lowest BCUT2D eigenvalue weighted by Crippen LogP contribution is -2.51. The molecule has 0 amide bonds. The van der Waals surface area contributed by atoms with Crippen LogP contribution in [-0.2, 0) is 0 Å². The molecular formula is C6H5F7. The van der Waals surface area contributed by atoms with Crippen LogP contribution in [0.4, 0.5) is 30.7 Å². The number of rotatable bonds is 3. The Morgan fingerprint density at radius 1 is 0.923 bits per heavy atom. The zero-order valence-electron chi connectivity index (χ0n) is 6.14. The van der Waals surface area contributed by atoms with Gasteiger partial charge in [0.25, 0.3) is 0 Å². The van der Waals surface area contributed by atoms with Crippen molar-refractivity contribution in [3.8, 4) is 0 Å². The van der Waals surface area contributed by atoms with Gasteiger partial charge >= 0.3 is 18.0 Å². The van der Waals surface area contributed by atoms with E-state index >= 15 is 0 Å². The van der Waals surface area contributed by atoms with Crippen LogP contribution in [0.3, 0.4) is 0 Å². The van der Waals surface area contributed by atoms with Crippen molar-refractivity contribution < 1.29 is 30.7 Å². The standard InChI is InChI=1S/C6H5F7/c1-2-3-4(7,8)5(9,10)6(11,12)13/h2H,1,3H2. The molecule has 13 heavy (non-hydrogen) atoms. The Bertz CT molecular complexity index is 190. The lowest BCUT2D eigenvalue weighted by molar-refractivity contribution is -0.353. The van der Waals surface area contributed by atoms with E-state index in [9.17, 15) is 30.7 Å². The van der Waals surface area contributed by atoms with Gasteiger partial charge in [-0.25, -0.2) is 0 Å².